The smallest absolute Gasteiger partial charge is 0.481 e. The van der Waals surface area contributed by atoms with Crippen molar-refractivity contribution in [1.82, 2.24) is 10.3 Å². The molecular formula is C16H17F3N4O5S. The molecule has 0 unspecified atom stereocenters. The van der Waals surface area contributed by atoms with Crippen molar-refractivity contribution in [3.8, 4) is 5.75 Å². The average molecular weight is 434 g/mol. The van der Waals surface area contributed by atoms with Crippen molar-refractivity contribution in [3.05, 3.63) is 18.2 Å². The van der Waals surface area contributed by atoms with Gasteiger partial charge in [0.1, 0.15) is 5.75 Å². The van der Waals surface area contributed by atoms with Crippen LogP contribution in [0.15, 0.2) is 18.2 Å². The standard InChI is InChI=1S/C16H17F3N4O5S/c17-16(18,19)28-8-3-4-10-11(6-8)29-15(22-10)23-12(24)2-1-5-21-14(27)9(20)7-13(25)26/h3-4,6,9H,1-2,5,7,20H2,(H,21,27)(H,25,26)(H,22,23,24)/t9-/m0/s1. The van der Waals surface area contributed by atoms with Gasteiger partial charge in [0.2, 0.25) is 11.8 Å². The van der Waals surface area contributed by atoms with Crippen LogP contribution < -0.4 is 21.1 Å². The molecule has 2 rings (SSSR count). The number of halogens is 3. The Kier molecular flexibility index (Phi) is 7.34. The number of carbonyl (C=O) groups excluding carboxylic acids is 2. The third kappa shape index (κ3) is 7.54. The lowest BCUT2D eigenvalue weighted by Crippen LogP contribution is -2.42. The number of amides is 2. The van der Waals surface area contributed by atoms with Gasteiger partial charge in [-0.15, -0.1) is 13.2 Å². The molecule has 0 saturated carbocycles. The molecule has 13 heteroatoms. The summed E-state index contributed by atoms with van der Waals surface area (Å²) in [6, 6.07) is 2.47. The monoisotopic (exact) mass is 434 g/mol. The van der Waals surface area contributed by atoms with Gasteiger partial charge in [-0.25, -0.2) is 4.98 Å². The Balaban J connectivity index is 1.81. The Labute approximate surface area is 166 Å². The molecule has 0 saturated heterocycles. The number of fused-ring (bicyclic) bond motifs is 1. The molecule has 1 aromatic carbocycles. The van der Waals surface area contributed by atoms with Crippen molar-refractivity contribution in [1.29, 1.82) is 0 Å². The number of benzene rings is 1. The predicted molar refractivity (Wildman–Crippen MR) is 97.4 cm³/mol. The van der Waals surface area contributed by atoms with Gasteiger partial charge in [0.15, 0.2) is 5.13 Å². The number of thiazole rings is 1. The molecule has 1 heterocycles. The lowest BCUT2D eigenvalue weighted by molar-refractivity contribution is -0.274. The second-order valence-corrected chi connectivity index (χ2v) is 6.87. The summed E-state index contributed by atoms with van der Waals surface area (Å²) in [5.41, 5.74) is 5.80. The number of carbonyl (C=O) groups is 3. The third-order valence-corrected chi connectivity index (χ3v) is 4.38. The molecule has 0 aliphatic carbocycles. The minimum atomic E-state index is -4.80. The fraction of sp³-hybridized carbons (Fsp3) is 0.375. The number of ether oxygens (including phenoxy) is 1. The zero-order valence-corrected chi connectivity index (χ0v) is 15.6. The summed E-state index contributed by atoms with van der Waals surface area (Å²) in [6.07, 6.45) is -5.00. The van der Waals surface area contributed by atoms with Crippen molar-refractivity contribution in [3.63, 3.8) is 0 Å². The van der Waals surface area contributed by atoms with E-state index in [4.69, 9.17) is 10.8 Å². The molecule has 29 heavy (non-hydrogen) atoms. The van der Waals surface area contributed by atoms with E-state index in [0.29, 0.717) is 10.2 Å². The lowest BCUT2D eigenvalue weighted by Gasteiger charge is -2.09. The Morgan fingerprint density at radius 1 is 1.31 bits per heavy atom. The average Bonchev–Trinajstić information content (AvgIpc) is 2.97. The van der Waals surface area contributed by atoms with Crippen LogP contribution in [0.25, 0.3) is 10.2 Å². The Morgan fingerprint density at radius 2 is 2.03 bits per heavy atom. The Bertz CT molecular complexity index is 902. The quantitative estimate of drug-likeness (QED) is 0.441. The van der Waals surface area contributed by atoms with Crippen molar-refractivity contribution in [2.45, 2.75) is 31.7 Å². The molecule has 0 spiro atoms. The van der Waals surface area contributed by atoms with Crippen LogP contribution in [0.4, 0.5) is 18.3 Å². The highest BCUT2D eigenvalue weighted by Gasteiger charge is 2.31. The van der Waals surface area contributed by atoms with Gasteiger partial charge >= 0.3 is 12.3 Å². The van der Waals surface area contributed by atoms with Crippen LogP contribution in [0.1, 0.15) is 19.3 Å². The van der Waals surface area contributed by atoms with Gasteiger partial charge in [0, 0.05) is 19.0 Å². The number of nitrogens with zero attached hydrogens (tertiary/aromatic N) is 1. The van der Waals surface area contributed by atoms with Crippen LogP contribution in [0.3, 0.4) is 0 Å². The van der Waals surface area contributed by atoms with Crippen molar-refractivity contribution in [2.24, 2.45) is 5.73 Å². The summed E-state index contributed by atoms with van der Waals surface area (Å²) in [5, 5.41) is 13.7. The lowest BCUT2D eigenvalue weighted by atomic mass is 10.2. The van der Waals surface area contributed by atoms with Crippen LogP contribution in [0.2, 0.25) is 0 Å². The number of aromatic nitrogens is 1. The molecule has 5 N–H and O–H groups in total. The van der Waals surface area contributed by atoms with Crippen molar-refractivity contribution in [2.75, 3.05) is 11.9 Å². The molecule has 0 aliphatic rings. The van der Waals surface area contributed by atoms with Gasteiger partial charge in [0.05, 0.1) is 22.7 Å². The molecule has 1 aromatic heterocycles. The minimum absolute atomic E-state index is 0.0345. The number of carboxylic acid groups (broad SMARTS) is 1. The maximum Gasteiger partial charge on any atom is 0.573 e. The zero-order valence-electron chi connectivity index (χ0n) is 14.8. The summed E-state index contributed by atoms with van der Waals surface area (Å²) < 4.78 is 41.0. The SMILES string of the molecule is N[C@@H](CC(=O)O)C(=O)NCCCC(=O)Nc1nc2ccc(OC(F)(F)F)cc2s1. The van der Waals surface area contributed by atoms with E-state index in [9.17, 15) is 27.6 Å². The van der Waals surface area contributed by atoms with Gasteiger partial charge in [0.25, 0.3) is 0 Å². The second-order valence-electron chi connectivity index (χ2n) is 5.84. The molecule has 0 bridgehead atoms. The van der Waals surface area contributed by atoms with Gasteiger partial charge in [-0.05, 0) is 18.6 Å². The summed E-state index contributed by atoms with van der Waals surface area (Å²) in [6.45, 7) is 0.123. The third-order valence-electron chi connectivity index (χ3n) is 3.45. The fourth-order valence-electron chi connectivity index (χ4n) is 2.21. The molecule has 0 fully saturated rings. The Hall–Kier alpha value is -2.93. The van der Waals surface area contributed by atoms with Crippen LogP contribution >= 0.6 is 11.3 Å². The van der Waals surface area contributed by atoms with E-state index >= 15 is 0 Å². The maximum atomic E-state index is 12.3. The number of rotatable bonds is 9. The Morgan fingerprint density at radius 3 is 2.69 bits per heavy atom. The molecule has 9 nitrogen and oxygen atoms in total. The molecular weight excluding hydrogens is 417 g/mol. The van der Waals surface area contributed by atoms with Gasteiger partial charge in [-0.2, -0.15) is 0 Å². The fourth-order valence-corrected chi connectivity index (χ4v) is 3.12. The van der Waals surface area contributed by atoms with E-state index < -0.39 is 36.6 Å². The normalized spacial score (nSPS) is 12.4. The topological polar surface area (TPSA) is 144 Å². The number of hydrogen-bond donors (Lipinski definition) is 4. The van der Waals surface area contributed by atoms with Gasteiger partial charge in [-0.1, -0.05) is 11.3 Å². The van der Waals surface area contributed by atoms with E-state index in [1.807, 2.05) is 0 Å². The highest BCUT2D eigenvalue weighted by atomic mass is 32.1. The van der Waals surface area contributed by atoms with E-state index in [0.717, 1.165) is 17.4 Å². The predicted octanol–water partition coefficient (Wildman–Crippen LogP) is 1.83. The first-order chi connectivity index (χ1) is 13.5. The number of hydrogen-bond acceptors (Lipinski definition) is 7. The van der Waals surface area contributed by atoms with Crippen molar-refractivity contribution < 1.29 is 37.4 Å². The van der Waals surface area contributed by atoms with Crippen LogP contribution in [-0.4, -0.2) is 46.8 Å². The van der Waals surface area contributed by atoms with Gasteiger partial charge < -0.3 is 26.2 Å². The summed E-state index contributed by atoms with van der Waals surface area (Å²) in [4.78, 5) is 38.1. The number of nitrogens with two attached hydrogens (primary N) is 1. The molecule has 0 aliphatic heterocycles. The first-order valence-electron chi connectivity index (χ1n) is 8.25. The summed E-state index contributed by atoms with van der Waals surface area (Å²) in [5.74, 6) is -2.61. The number of nitrogens with one attached hydrogen (secondary N) is 2. The van der Waals surface area contributed by atoms with E-state index in [1.165, 1.54) is 12.1 Å². The van der Waals surface area contributed by atoms with Crippen LogP contribution in [-0.2, 0) is 14.4 Å². The summed E-state index contributed by atoms with van der Waals surface area (Å²) in [7, 11) is 0. The highest BCUT2D eigenvalue weighted by molar-refractivity contribution is 7.22. The zero-order chi connectivity index (χ0) is 21.6. The van der Waals surface area contributed by atoms with Crippen LogP contribution in [0, 0.1) is 0 Å². The number of aliphatic carboxylic acids is 1. The van der Waals surface area contributed by atoms with E-state index in [2.05, 4.69) is 20.4 Å². The van der Waals surface area contributed by atoms with Crippen molar-refractivity contribution >= 4 is 44.5 Å². The maximum absolute atomic E-state index is 12.3. The number of carboxylic acids is 1. The first-order valence-corrected chi connectivity index (χ1v) is 9.06. The van der Waals surface area contributed by atoms with E-state index in [-0.39, 0.29) is 30.3 Å². The number of anilines is 1. The van der Waals surface area contributed by atoms with E-state index in [1.54, 1.807) is 0 Å². The molecule has 1 atom stereocenters. The van der Waals surface area contributed by atoms with Crippen LogP contribution in [0.5, 0.6) is 5.75 Å². The van der Waals surface area contributed by atoms with Gasteiger partial charge in [-0.3, -0.25) is 14.4 Å². The highest BCUT2D eigenvalue weighted by Crippen LogP contribution is 2.31. The molecule has 0 radical (unpaired) electrons. The first kappa shape index (κ1) is 22.4. The molecule has 2 aromatic rings. The minimum Gasteiger partial charge on any atom is -0.481 e. The molecule has 158 valence electrons. The largest absolute Gasteiger partial charge is 0.573 e. The second kappa shape index (κ2) is 9.52. The number of alkyl halides is 3. The summed E-state index contributed by atoms with van der Waals surface area (Å²) >= 11 is 0.987. The molecule has 2 amide bonds.